The fourth-order valence-electron chi connectivity index (χ4n) is 6.01. The van der Waals surface area contributed by atoms with Crippen molar-refractivity contribution in [1.82, 2.24) is 0 Å². The molecule has 0 aromatic carbocycles. The number of fused-ring (bicyclic) bond motifs is 5. The molecule has 1 saturated carbocycles. The second kappa shape index (κ2) is 4.73. The SMILES string of the molecule is CC1=C(O)C(=O)C[C@@]2(C)[C@H]1CC[C@@]1(CO)c3cocc3CC[C@@H]12. The summed E-state index contributed by atoms with van der Waals surface area (Å²) in [6.07, 6.45) is 7.64. The van der Waals surface area contributed by atoms with Gasteiger partial charge in [-0.05, 0) is 61.0 Å². The van der Waals surface area contributed by atoms with Crippen LogP contribution in [-0.2, 0) is 16.6 Å². The molecule has 4 nitrogen and oxygen atoms in total. The highest BCUT2D eigenvalue weighted by Crippen LogP contribution is 2.63. The molecule has 23 heavy (non-hydrogen) atoms. The second-order valence-corrected chi connectivity index (χ2v) is 7.94. The van der Waals surface area contributed by atoms with Crippen LogP contribution in [0.25, 0.3) is 0 Å². The molecule has 4 rings (SSSR count). The number of carbonyl (C=O) groups excluding carboxylic acids is 1. The van der Waals surface area contributed by atoms with Crippen LogP contribution < -0.4 is 0 Å². The summed E-state index contributed by atoms with van der Waals surface area (Å²) in [5, 5.41) is 20.5. The van der Waals surface area contributed by atoms with Gasteiger partial charge in [-0.15, -0.1) is 0 Å². The third-order valence-electron chi connectivity index (χ3n) is 7.10. The molecule has 4 heteroatoms. The molecule has 0 spiro atoms. The van der Waals surface area contributed by atoms with Crippen LogP contribution in [0.4, 0.5) is 0 Å². The normalized spacial score (nSPS) is 39.7. The van der Waals surface area contributed by atoms with Crippen LogP contribution in [0, 0.1) is 17.3 Å². The molecular weight excluding hydrogens is 292 g/mol. The molecule has 0 amide bonds. The van der Waals surface area contributed by atoms with E-state index in [1.807, 2.05) is 6.92 Å². The summed E-state index contributed by atoms with van der Waals surface area (Å²) in [5.41, 5.74) is 2.67. The van der Waals surface area contributed by atoms with Crippen molar-refractivity contribution < 1.29 is 19.4 Å². The van der Waals surface area contributed by atoms with E-state index in [1.54, 1.807) is 12.5 Å². The maximum absolute atomic E-state index is 12.3. The molecule has 1 heterocycles. The van der Waals surface area contributed by atoms with Gasteiger partial charge >= 0.3 is 0 Å². The summed E-state index contributed by atoms with van der Waals surface area (Å²) in [4.78, 5) is 12.3. The third-order valence-corrected chi connectivity index (χ3v) is 7.10. The largest absolute Gasteiger partial charge is 0.504 e. The van der Waals surface area contributed by atoms with Gasteiger partial charge in [0.2, 0.25) is 0 Å². The van der Waals surface area contributed by atoms with Crippen LogP contribution in [0.5, 0.6) is 0 Å². The van der Waals surface area contributed by atoms with Crippen molar-refractivity contribution in [3.63, 3.8) is 0 Å². The number of rotatable bonds is 1. The number of carbonyl (C=O) groups is 1. The zero-order valence-electron chi connectivity index (χ0n) is 13.8. The van der Waals surface area contributed by atoms with Crippen molar-refractivity contribution in [2.24, 2.45) is 17.3 Å². The van der Waals surface area contributed by atoms with Crippen molar-refractivity contribution in [2.75, 3.05) is 6.61 Å². The molecule has 124 valence electrons. The first-order chi connectivity index (χ1) is 10.9. The number of ketones is 1. The summed E-state index contributed by atoms with van der Waals surface area (Å²) in [5.74, 6) is 0.283. The molecule has 3 aliphatic rings. The van der Waals surface area contributed by atoms with Gasteiger partial charge in [-0.25, -0.2) is 0 Å². The number of Topliss-reactive ketones (excluding diaryl/α,β-unsaturated/α-hetero) is 1. The van der Waals surface area contributed by atoms with Crippen LogP contribution >= 0.6 is 0 Å². The molecule has 0 unspecified atom stereocenters. The number of aliphatic hydroxyl groups excluding tert-OH is 2. The lowest BCUT2D eigenvalue weighted by Gasteiger charge is -2.59. The summed E-state index contributed by atoms with van der Waals surface area (Å²) >= 11 is 0. The number of furan rings is 1. The monoisotopic (exact) mass is 316 g/mol. The molecule has 0 aliphatic heterocycles. The quantitative estimate of drug-likeness (QED) is 0.834. The molecule has 4 atom stereocenters. The molecule has 1 aromatic heterocycles. The van der Waals surface area contributed by atoms with Gasteiger partial charge in [0.1, 0.15) is 0 Å². The first-order valence-corrected chi connectivity index (χ1v) is 8.53. The summed E-state index contributed by atoms with van der Waals surface area (Å²) < 4.78 is 5.44. The molecule has 3 aliphatic carbocycles. The average Bonchev–Trinajstić information content (AvgIpc) is 3.01. The summed E-state index contributed by atoms with van der Waals surface area (Å²) in [6.45, 7) is 4.17. The Morgan fingerprint density at radius 2 is 2.13 bits per heavy atom. The Labute approximate surface area is 136 Å². The van der Waals surface area contributed by atoms with Gasteiger partial charge in [-0.2, -0.15) is 0 Å². The second-order valence-electron chi connectivity index (χ2n) is 7.94. The molecule has 1 fully saturated rings. The molecule has 1 aromatic rings. The van der Waals surface area contributed by atoms with E-state index < -0.39 is 0 Å². The van der Waals surface area contributed by atoms with Crippen molar-refractivity contribution >= 4 is 5.78 Å². The lowest BCUT2D eigenvalue weighted by Crippen LogP contribution is -2.57. The van der Waals surface area contributed by atoms with E-state index >= 15 is 0 Å². The van der Waals surface area contributed by atoms with Crippen molar-refractivity contribution in [3.8, 4) is 0 Å². The minimum atomic E-state index is -0.306. The smallest absolute Gasteiger partial charge is 0.197 e. The predicted molar refractivity (Wildman–Crippen MR) is 85.1 cm³/mol. The molecule has 2 N–H and O–H groups in total. The zero-order valence-corrected chi connectivity index (χ0v) is 13.8. The van der Waals surface area contributed by atoms with Crippen LogP contribution in [0.3, 0.4) is 0 Å². The van der Waals surface area contributed by atoms with Gasteiger partial charge < -0.3 is 14.6 Å². The fourth-order valence-corrected chi connectivity index (χ4v) is 6.01. The number of hydrogen-bond donors (Lipinski definition) is 2. The van der Waals surface area contributed by atoms with Crippen molar-refractivity contribution in [3.05, 3.63) is 35.0 Å². The highest BCUT2D eigenvalue weighted by molar-refractivity contribution is 5.95. The first-order valence-electron chi connectivity index (χ1n) is 8.53. The van der Waals surface area contributed by atoms with E-state index in [4.69, 9.17) is 4.42 Å². The van der Waals surface area contributed by atoms with Gasteiger partial charge in [0.25, 0.3) is 0 Å². The van der Waals surface area contributed by atoms with Gasteiger partial charge in [0, 0.05) is 17.4 Å². The van der Waals surface area contributed by atoms with Crippen molar-refractivity contribution in [2.45, 2.75) is 51.4 Å². The molecule has 0 saturated heterocycles. The number of allylic oxidation sites excluding steroid dienone is 2. The average molecular weight is 316 g/mol. The van der Waals surface area contributed by atoms with E-state index in [2.05, 4.69) is 6.92 Å². The standard InChI is InChI=1S/C19H24O4/c1-11-13-5-6-19(10-20)14-9-23-8-12(14)3-4-16(19)18(13,2)7-15(21)17(11)22/h8-9,13,16,20,22H,3-7,10H2,1-2H3/t13-,16+,18-,19+/m0/s1. The van der Waals surface area contributed by atoms with Crippen LogP contribution in [0.15, 0.2) is 28.3 Å². The Hall–Kier alpha value is -1.55. The van der Waals surface area contributed by atoms with Crippen LogP contribution in [0.2, 0.25) is 0 Å². The van der Waals surface area contributed by atoms with Crippen LogP contribution in [0.1, 0.15) is 50.7 Å². The van der Waals surface area contributed by atoms with Gasteiger partial charge in [0.05, 0.1) is 19.1 Å². The van der Waals surface area contributed by atoms with Crippen molar-refractivity contribution in [1.29, 1.82) is 0 Å². The van der Waals surface area contributed by atoms with E-state index in [-0.39, 0.29) is 40.8 Å². The maximum atomic E-state index is 12.3. The minimum Gasteiger partial charge on any atom is -0.504 e. The Morgan fingerprint density at radius 1 is 1.35 bits per heavy atom. The Kier molecular flexibility index (Phi) is 3.08. The molecular formula is C19H24O4. The Bertz CT molecular complexity index is 700. The molecule has 0 radical (unpaired) electrons. The number of aryl methyl sites for hydroxylation is 1. The lowest BCUT2D eigenvalue weighted by atomic mass is 9.44. The van der Waals surface area contributed by atoms with Gasteiger partial charge in [-0.3, -0.25) is 4.79 Å². The number of hydrogen-bond acceptors (Lipinski definition) is 4. The van der Waals surface area contributed by atoms with E-state index in [1.165, 1.54) is 5.56 Å². The topological polar surface area (TPSA) is 70.7 Å². The zero-order chi connectivity index (χ0) is 16.4. The van der Waals surface area contributed by atoms with E-state index in [0.29, 0.717) is 6.42 Å². The minimum absolute atomic E-state index is 0.0243. The van der Waals surface area contributed by atoms with E-state index in [0.717, 1.165) is 36.8 Å². The fraction of sp³-hybridized carbons (Fsp3) is 0.632. The van der Waals surface area contributed by atoms with E-state index in [9.17, 15) is 15.0 Å². The summed E-state index contributed by atoms with van der Waals surface area (Å²) in [6, 6.07) is 0. The maximum Gasteiger partial charge on any atom is 0.197 e. The van der Waals surface area contributed by atoms with Gasteiger partial charge in [0.15, 0.2) is 11.5 Å². The molecule has 0 bridgehead atoms. The Morgan fingerprint density at radius 3 is 2.87 bits per heavy atom. The highest BCUT2D eigenvalue weighted by Gasteiger charge is 2.60. The third kappa shape index (κ3) is 1.73. The number of aliphatic hydroxyl groups is 2. The lowest BCUT2D eigenvalue weighted by molar-refractivity contribution is -0.129. The van der Waals surface area contributed by atoms with Gasteiger partial charge in [-0.1, -0.05) is 6.92 Å². The predicted octanol–water partition coefficient (Wildman–Crippen LogP) is 3.29. The first kappa shape index (κ1) is 15.0. The highest BCUT2D eigenvalue weighted by atomic mass is 16.3. The van der Waals surface area contributed by atoms with Crippen LogP contribution in [-0.4, -0.2) is 22.6 Å². The summed E-state index contributed by atoms with van der Waals surface area (Å²) in [7, 11) is 0. The Balaban J connectivity index is 1.86.